The first kappa shape index (κ1) is 14.5. The molecule has 0 spiro atoms. The molecule has 3 rings (SSSR count). The first-order valence-electron chi connectivity index (χ1n) is 7.11. The van der Waals surface area contributed by atoms with Crippen LogP contribution in [0.4, 0.5) is 5.69 Å². The lowest BCUT2D eigenvalue weighted by Gasteiger charge is -2.20. The fourth-order valence-electron chi connectivity index (χ4n) is 3.25. The van der Waals surface area contributed by atoms with Crippen LogP contribution in [-0.2, 0) is 14.8 Å². The summed E-state index contributed by atoms with van der Waals surface area (Å²) in [6.07, 6.45) is 2.97. The number of amides is 1. The summed E-state index contributed by atoms with van der Waals surface area (Å²) in [5.41, 5.74) is 0.333. The summed E-state index contributed by atoms with van der Waals surface area (Å²) in [5, 5.41) is 6.19. The van der Waals surface area contributed by atoms with Crippen LogP contribution < -0.4 is 15.4 Å². The maximum atomic E-state index is 12.4. The van der Waals surface area contributed by atoms with Gasteiger partial charge in [-0.2, -0.15) is 0 Å². The summed E-state index contributed by atoms with van der Waals surface area (Å²) in [6.45, 7) is 0. The summed E-state index contributed by atoms with van der Waals surface area (Å²) >= 11 is 0. The van der Waals surface area contributed by atoms with Gasteiger partial charge in [-0.15, -0.1) is 0 Å². The Hall–Kier alpha value is -1.44. The molecule has 2 aliphatic heterocycles. The molecule has 6 nitrogen and oxygen atoms in total. The highest BCUT2D eigenvalue weighted by atomic mass is 32.2. The summed E-state index contributed by atoms with van der Waals surface area (Å²) in [5.74, 6) is -0.178. The van der Waals surface area contributed by atoms with Crippen LogP contribution in [0.25, 0.3) is 0 Å². The Morgan fingerprint density at radius 3 is 2.67 bits per heavy atom. The van der Waals surface area contributed by atoms with E-state index < -0.39 is 10.0 Å². The minimum Gasteiger partial charge on any atom is -0.325 e. The van der Waals surface area contributed by atoms with E-state index >= 15 is 0 Å². The third kappa shape index (κ3) is 2.68. The van der Waals surface area contributed by atoms with Crippen molar-refractivity contribution in [3.05, 3.63) is 24.3 Å². The first-order valence-corrected chi connectivity index (χ1v) is 8.59. The van der Waals surface area contributed by atoms with Gasteiger partial charge in [0.05, 0.1) is 11.6 Å². The van der Waals surface area contributed by atoms with Gasteiger partial charge in [0.1, 0.15) is 4.90 Å². The van der Waals surface area contributed by atoms with E-state index in [2.05, 4.69) is 15.4 Å². The van der Waals surface area contributed by atoms with Crippen molar-refractivity contribution in [2.45, 2.75) is 36.2 Å². The number of nitrogens with one attached hydrogen (secondary N) is 3. The van der Waals surface area contributed by atoms with Gasteiger partial charge in [-0.1, -0.05) is 12.1 Å². The first-order chi connectivity index (χ1) is 10.0. The molecule has 114 valence electrons. The maximum absolute atomic E-state index is 12.4. The van der Waals surface area contributed by atoms with E-state index in [-0.39, 0.29) is 22.8 Å². The van der Waals surface area contributed by atoms with Crippen LogP contribution >= 0.6 is 0 Å². The highest BCUT2D eigenvalue weighted by Gasteiger charge is 2.42. The predicted octanol–water partition coefficient (Wildman–Crippen LogP) is 0.674. The second kappa shape index (κ2) is 5.40. The van der Waals surface area contributed by atoms with Crippen LogP contribution in [-0.4, -0.2) is 33.5 Å². The Balaban J connectivity index is 1.81. The van der Waals surface area contributed by atoms with Crippen LogP contribution in [0.2, 0.25) is 0 Å². The molecule has 21 heavy (non-hydrogen) atoms. The number of rotatable bonds is 4. The van der Waals surface area contributed by atoms with E-state index in [1.165, 1.54) is 13.1 Å². The van der Waals surface area contributed by atoms with Gasteiger partial charge in [-0.05, 0) is 38.4 Å². The fourth-order valence-corrected chi connectivity index (χ4v) is 4.14. The summed E-state index contributed by atoms with van der Waals surface area (Å²) in [6, 6.07) is 7.11. The lowest BCUT2D eigenvalue weighted by atomic mass is 9.88. The third-order valence-corrected chi connectivity index (χ3v) is 5.81. The molecule has 0 aliphatic carbocycles. The van der Waals surface area contributed by atoms with Gasteiger partial charge in [-0.3, -0.25) is 4.79 Å². The molecule has 0 aromatic heterocycles. The van der Waals surface area contributed by atoms with Gasteiger partial charge in [0.2, 0.25) is 15.9 Å². The number of sulfonamides is 1. The molecule has 3 unspecified atom stereocenters. The van der Waals surface area contributed by atoms with Crippen molar-refractivity contribution >= 4 is 21.6 Å². The molecule has 2 aliphatic rings. The van der Waals surface area contributed by atoms with Gasteiger partial charge in [0.15, 0.2) is 0 Å². The van der Waals surface area contributed by atoms with Gasteiger partial charge >= 0.3 is 0 Å². The van der Waals surface area contributed by atoms with Crippen LogP contribution in [0, 0.1) is 5.92 Å². The average Bonchev–Trinajstić information content (AvgIpc) is 3.10. The number of carbonyl (C=O) groups is 1. The van der Waals surface area contributed by atoms with E-state index in [1.54, 1.807) is 18.2 Å². The van der Waals surface area contributed by atoms with Gasteiger partial charge in [0, 0.05) is 12.1 Å². The minimum absolute atomic E-state index is 0.0749. The van der Waals surface area contributed by atoms with Crippen molar-refractivity contribution in [1.29, 1.82) is 0 Å². The molecule has 3 N–H and O–H groups in total. The Morgan fingerprint density at radius 2 is 2.05 bits per heavy atom. The van der Waals surface area contributed by atoms with Crippen molar-refractivity contribution in [2.24, 2.45) is 5.92 Å². The molecule has 1 aromatic rings. The Bertz CT molecular complexity index is 659. The van der Waals surface area contributed by atoms with Crippen molar-refractivity contribution in [2.75, 3.05) is 12.4 Å². The van der Waals surface area contributed by atoms with E-state index in [0.29, 0.717) is 11.7 Å². The standard InChI is InChI=1S/C14H19N3O3S/c1-15-21(19,20)13-5-3-2-4-12(13)17-14(18)10-8-9-6-7-11(10)16-9/h2-5,9-11,15-16H,6-8H2,1H3,(H,17,18). The Morgan fingerprint density at radius 1 is 1.29 bits per heavy atom. The van der Waals surface area contributed by atoms with Crippen molar-refractivity contribution in [3.8, 4) is 0 Å². The molecule has 1 amide bonds. The minimum atomic E-state index is -3.59. The highest BCUT2D eigenvalue weighted by Crippen LogP contribution is 2.34. The fraction of sp³-hybridized carbons (Fsp3) is 0.500. The normalized spacial score (nSPS) is 27.8. The number of hydrogen-bond acceptors (Lipinski definition) is 4. The lowest BCUT2D eigenvalue weighted by Crippen LogP contribution is -2.33. The molecule has 2 heterocycles. The Labute approximate surface area is 124 Å². The molecule has 1 aromatic carbocycles. The number of benzene rings is 1. The molecule has 2 saturated heterocycles. The van der Waals surface area contributed by atoms with Crippen LogP contribution in [0.5, 0.6) is 0 Å². The second-order valence-corrected chi connectivity index (χ2v) is 7.44. The highest BCUT2D eigenvalue weighted by molar-refractivity contribution is 7.89. The van der Waals surface area contributed by atoms with E-state index in [9.17, 15) is 13.2 Å². The predicted molar refractivity (Wildman–Crippen MR) is 79.4 cm³/mol. The quantitative estimate of drug-likeness (QED) is 0.763. The molecular formula is C14H19N3O3S. The summed E-state index contributed by atoms with van der Waals surface area (Å²) < 4.78 is 26.2. The van der Waals surface area contributed by atoms with Crippen LogP contribution in [0.1, 0.15) is 19.3 Å². The van der Waals surface area contributed by atoms with Crippen molar-refractivity contribution < 1.29 is 13.2 Å². The average molecular weight is 309 g/mol. The number of anilines is 1. The van der Waals surface area contributed by atoms with Gasteiger partial charge in [-0.25, -0.2) is 13.1 Å². The SMILES string of the molecule is CNS(=O)(=O)c1ccccc1NC(=O)C1CC2CCC1N2. The van der Waals surface area contributed by atoms with Crippen molar-refractivity contribution in [1.82, 2.24) is 10.0 Å². The summed E-state index contributed by atoms with van der Waals surface area (Å²) in [4.78, 5) is 12.5. The van der Waals surface area contributed by atoms with E-state index in [1.807, 2.05) is 0 Å². The molecular weight excluding hydrogens is 290 g/mol. The monoisotopic (exact) mass is 309 g/mol. The molecule has 2 bridgehead atoms. The largest absolute Gasteiger partial charge is 0.325 e. The second-order valence-electron chi connectivity index (χ2n) is 5.58. The van der Waals surface area contributed by atoms with Crippen molar-refractivity contribution in [3.63, 3.8) is 0 Å². The smallest absolute Gasteiger partial charge is 0.242 e. The zero-order valence-electron chi connectivity index (χ0n) is 11.8. The molecule has 7 heteroatoms. The van der Waals surface area contributed by atoms with Gasteiger partial charge in [0.25, 0.3) is 0 Å². The summed E-state index contributed by atoms with van der Waals surface area (Å²) in [7, 11) is -2.23. The number of hydrogen-bond donors (Lipinski definition) is 3. The molecule has 2 fully saturated rings. The molecule has 0 radical (unpaired) electrons. The lowest BCUT2D eigenvalue weighted by molar-refractivity contribution is -0.120. The maximum Gasteiger partial charge on any atom is 0.242 e. The molecule has 0 saturated carbocycles. The van der Waals surface area contributed by atoms with E-state index in [4.69, 9.17) is 0 Å². The third-order valence-electron chi connectivity index (χ3n) is 4.34. The van der Waals surface area contributed by atoms with Gasteiger partial charge < -0.3 is 10.6 Å². The zero-order valence-corrected chi connectivity index (χ0v) is 12.6. The van der Waals surface area contributed by atoms with Crippen LogP contribution in [0.3, 0.4) is 0 Å². The number of para-hydroxylation sites is 1. The number of carbonyl (C=O) groups excluding carboxylic acids is 1. The topological polar surface area (TPSA) is 87.3 Å². The number of fused-ring (bicyclic) bond motifs is 2. The van der Waals surface area contributed by atoms with E-state index in [0.717, 1.165) is 19.3 Å². The van der Waals surface area contributed by atoms with Crippen LogP contribution in [0.15, 0.2) is 29.2 Å². The zero-order chi connectivity index (χ0) is 15.0. The molecule has 3 atom stereocenters. The Kier molecular flexibility index (Phi) is 3.73.